The minimum absolute atomic E-state index is 0.185. The third-order valence-corrected chi connectivity index (χ3v) is 4.02. The van der Waals surface area contributed by atoms with Gasteiger partial charge in [-0.15, -0.1) is 0 Å². The molecule has 1 heterocycles. The molecule has 0 saturated heterocycles. The van der Waals surface area contributed by atoms with E-state index in [0.29, 0.717) is 24.3 Å². The lowest BCUT2D eigenvalue weighted by Gasteiger charge is -2.11. The third kappa shape index (κ3) is 5.50. The van der Waals surface area contributed by atoms with Gasteiger partial charge in [0, 0.05) is 13.0 Å². The predicted molar refractivity (Wildman–Crippen MR) is 102 cm³/mol. The van der Waals surface area contributed by atoms with E-state index < -0.39 is 0 Å². The molecule has 0 atom stereocenters. The Morgan fingerprint density at radius 2 is 1.78 bits per heavy atom. The number of rotatable bonds is 8. The fourth-order valence-electron chi connectivity index (χ4n) is 2.63. The Bertz CT molecular complexity index is 878. The van der Waals surface area contributed by atoms with Crippen LogP contribution in [0.3, 0.4) is 0 Å². The zero-order valence-electron chi connectivity index (χ0n) is 14.8. The van der Waals surface area contributed by atoms with Crippen molar-refractivity contribution in [2.75, 3.05) is 11.9 Å². The zero-order valence-corrected chi connectivity index (χ0v) is 14.8. The van der Waals surface area contributed by atoms with Gasteiger partial charge in [0.05, 0.1) is 17.8 Å². The van der Waals surface area contributed by atoms with Gasteiger partial charge >= 0.3 is 0 Å². The van der Waals surface area contributed by atoms with E-state index >= 15 is 0 Å². The normalized spacial score (nSPS) is 10.4. The van der Waals surface area contributed by atoms with Gasteiger partial charge in [-0.3, -0.25) is 14.3 Å². The van der Waals surface area contributed by atoms with Gasteiger partial charge in [-0.2, -0.15) is 5.10 Å². The van der Waals surface area contributed by atoms with E-state index in [0.717, 1.165) is 12.0 Å². The van der Waals surface area contributed by atoms with Crippen molar-refractivity contribution in [1.29, 1.82) is 0 Å². The number of carbonyl (C=O) groups excluding carboxylic acids is 2. The van der Waals surface area contributed by atoms with Crippen molar-refractivity contribution >= 4 is 17.5 Å². The molecule has 0 aliphatic rings. The molecule has 2 amide bonds. The van der Waals surface area contributed by atoms with Crippen LogP contribution in [0.1, 0.15) is 22.3 Å². The molecule has 3 aromatic rings. The Morgan fingerprint density at radius 1 is 1.00 bits per heavy atom. The second-order valence-corrected chi connectivity index (χ2v) is 5.99. The lowest BCUT2D eigenvalue weighted by molar-refractivity contribution is -0.116. The summed E-state index contributed by atoms with van der Waals surface area (Å²) in [4.78, 5) is 28.5. The SMILES string of the molecule is O=C(CCn1cncn1)Nc1ccccc1C(=O)NCCc1ccccc1. The Labute approximate surface area is 157 Å². The van der Waals surface area contributed by atoms with E-state index in [1.165, 1.54) is 6.33 Å². The van der Waals surface area contributed by atoms with Crippen molar-refractivity contribution < 1.29 is 9.59 Å². The topological polar surface area (TPSA) is 88.9 Å². The molecule has 0 aliphatic heterocycles. The van der Waals surface area contributed by atoms with Gasteiger partial charge in [0.15, 0.2) is 0 Å². The smallest absolute Gasteiger partial charge is 0.253 e. The summed E-state index contributed by atoms with van der Waals surface area (Å²) in [6.07, 6.45) is 3.97. The number of anilines is 1. The summed E-state index contributed by atoms with van der Waals surface area (Å²) in [6, 6.07) is 16.9. The molecule has 0 spiro atoms. The molecule has 27 heavy (non-hydrogen) atoms. The highest BCUT2D eigenvalue weighted by atomic mass is 16.2. The number of carbonyl (C=O) groups is 2. The summed E-state index contributed by atoms with van der Waals surface area (Å²) >= 11 is 0. The summed E-state index contributed by atoms with van der Waals surface area (Å²) in [6.45, 7) is 0.953. The van der Waals surface area contributed by atoms with Crippen LogP contribution >= 0.6 is 0 Å². The largest absolute Gasteiger partial charge is 0.352 e. The number of hydrogen-bond acceptors (Lipinski definition) is 4. The average molecular weight is 363 g/mol. The van der Waals surface area contributed by atoms with Crippen molar-refractivity contribution in [2.45, 2.75) is 19.4 Å². The van der Waals surface area contributed by atoms with Crippen molar-refractivity contribution in [2.24, 2.45) is 0 Å². The number of amides is 2. The second-order valence-electron chi connectivity index (χ2n) is 5.99. The molecule has 2 aromatic carbocycles. The molecule has 0 saturated carbocycles. The molecular weight excluding hydrogens is 342 g/mol. The van der Waals surface area contributed by atoms with Crippen LogP contribution in [0, 0.1) is 0 Å². The van der Waals surface area contributed by atoms with Gasteiger partial charge in [0.2, 0.25) is 5.91 Å². The van der Waals surface area contributed by atoms with Gasteiger partial charge in [0.1, 0.15) is 12.7 Å². The van der Waals surface area contributed by atoms with E-state index in [2.05, 4.69) is 20.7 Å². The van der Waals surface area contributed by atoms with Gasteiger partial charge in [-0.1, -0.05) is 42.5 Å². The minimum atomic E-state index is -0.210. The first-order chi connectivity index (χ1) is 13.2. The molecule has 0 radical (unpaired) electrons. The number of benzene rings is 2. The summed E-state index contributed by atoms with van der Waals surface area (Å²) in [5.41, 5.74) is 2.10. The summed E-state index contributed by atoms with van der Waals surface area (Å²) in [5.74, 6) is -0.395. The fourth-order valence-corrected chi connectivity index (χ4v) is 2.63. The molecule has 1 aromatic heterocycles. The Hall–Kier alpha value is -3.48. The van der Waals surface area contributed by atoms with Crippen LogP contribution in [0.4, 0.5) is 5.69 Å². The van der Waals surface area contributed by atoms with Crippen LogP contribution in [0.25, 0.3) is 0 Å². The van der Waals surface area contributed by atoms with E-state index in [1.807, 2.05) is 30.3 Å². The van der Waals surface area contributed by atoms with E-state index in [-0.39, 0.29) is 18.2 Å². The quantitative estimate of drug-likeness (QED) is 0.643. The van der Waals surface area contributed by atoms with Crippen molar-refractivity contribution in [3.63, 3.8) is 0 Å². The molecule has 7 nitrogen and oxygen atoms in total. The van der Waals surface area contributed by atoms with Gasteiger partial charge in [-0.05, 0) is 24.1 Å². The lowest BCUT2D eigenvalue weighted by atomic mass is 10.1. The molecule has 2 N–H and O–H groups in total. The first kappa shape index (κ1) is 18.3. The molecule has 0 aliphatic carbocycles. The van der Waals surface area contributed by atoms with Crippen LogP contribution in [0.5, 0.6) is 0 Å². The molecule has 0 bridgehead atoms. The average Bonchev–Trinajstić information content (AvgIpc) is 3.21. The minimum Gasteiger partial charge on any atom is -0.352 e. The summed E-state index contributed by atoms with van der Waals surface area (Å²) in [5, 5.41) is 9.66. The van der Waals surface area contributed by atoms with Crippen LogP contribution in [-0.4, -0.2) is 33.1 Å². The Balaban J connectivity index is 1.54. The number of nitrogens with one attached hydrogen (secondary N) is 2. The number of aryl methyl sites for hydroxylation is 1. The van der Waals surface area contributed by atoms with E-state index in [1.54, 1.807) is 35.3 Å². The van der Waals surface area contributed by atoms with Gasteiger partial charge < -0.3 is 10.6 Å². The van der Waals surface area contributed by atoms with Crippen molar-refractivity contribution in [3.05, 3.63) is 78.4 Å². The van der Waals surface area contributed by atoms with Crippen molar-refractivity contribution in [3.8, 4) is 0 Å². The van der Waals surface area contributed by atoms with Crippen LogP contribution < -0.4 is 10.6 Å². The molecule has 7 heteroatoms. The number of hydrogen-bond donors (Lipinski definition) is 2. The van der Waals surface area contributed by atoms with E-state index in [4.69, 9.17) is 0 Å². The highest BCUT2D eigenvalue weighted by Gasteiger charge is 2.13. The first-order valence-corrected chi connectivity index (χ1v) is 8.76. The second kappa shape index (κ2) is 9.28. The number of nitrogens with zero attached hydrogens (tertiary/aromatic N) is 3. The Kier molecular flexibility index (Phi) is 6.30. The summed E-state index contributed by atoms with van der Waals surface area (Å²) < 4.78 is 1.59. The molecule has 0 fully saturated rings. The standard InChI is InChI=1S/C20H21N5O2/c26-19(11-13-25-15-21-14-23-25)24-18-9-5-4-8-17(18)20(27)22-12-10-16-6-2-1-3-7-16/h1-9,14-15H,10-13H2,(H,22,27)(H,24,26). The van der Waals surface area contributed by atoms with Gasteiger partial charge in [0.25, 0.3) is 5.91 Å². The van der Waals surface area contributed by atoms with E-state index in [9.17, 15) is 9.59 Å². The predicted octanol–water partition coefficient (Wildman–Crippen LogP) is 2.28. The maximum Gasteiger partial charge on any atom is 0.253 e. The molecule has 0 unspecified atom stereocenters. The van der Waals surface area contributed by atoms with Crippen molar-refractivity contribution in [1.82, 2.24) is 20.1 Å². The molecular formula is C20H21N5O2. The van der Waals surface area contributed by atoms with Crippen LogP contribution in [0.15, 0.2) is 67.3 Å². The van der Waals surface area contributed by atoms with Crippen LogP contribution in [0.2, 0.25) is 0 Å². The van der Waals surface area contributed by atoms with Crippen LogP contribution in [-0.2, 0) is 17.8 Å². The third-order valence-electron chi connectivity index (χ3n) is 4.02. The monoisotopic (exact) mass is 363 g/mol. The highest BCUT2D eigenvalue weighted by Crippen LogP contribution is 2.15. The molecule has 138 valence electrons. The highest BCUT2D eigenvalue weighted by molar-refractivity contribution is 6.03. The fraction of sp³-hybridized carbons (Fsp3) is 0.200. The lowest BCUT2D eigenvalue weighted by Crippen LogP contribution is -2.27. The number of para-hydroxylation sites is 1. The zero-order chi connectivity index (χ0) is 18.9. The molecule has 3 rings (SSSR count). The maximum atomic E-state index is 12.5. The van der Waals surface area contributed by atoms with Gasteiger partial charge in [-0.25, -0.2) is 4.98 Å². The summed E-state index contributed by atoms with van der Waals surface area (Å²) in [7, 11) is 0. The number of aromatic nitrogens is 3. The maximum absolute atomic E-state index is 12.5. The first-order valence-electron chi connectivity index (χ1n) is 8.76. The Morgan fingerprint density at radius 3 is 2.56 bits per heavy atom.